The molecular formula is C9H14N6O2. The van der Waals surface area contributed by atoms with Crippen LogP contribution >= 0.6 is 0 Å². The first kappa shape index (κ1) is 13.2. The first-order chi connectivity index (χ1) is 8.19. The van der Waals surface area contributed by atoms with Gasteiger partial charge in [0.1, 0.15) is 6.10 Å². The van der Waals surface area contributed by atoms with Crippen molar-refractivity contribution in [2.45, 2.75) is 18.6 Å². The van der Waals surface area contributed by atoms with Crippen molar-refractivity contribution in [1.82, 2.24) is 9.97 Å². The van der Waals surface area contributed by atoms with E-state index in [0.29, 0.717) is 11.5 Å². The van der Waals surface area contributed by atoms with E-state index in [9.17, 15) is 10.2 Å². The number of hydrogen-bond donors (Lipinski definition) is 3. The van der Waals surface area contributed by atoms with Crippen LogP contribution in [0.2, 0.25) is 0 Å². The maximum absolute atomic E-state index is 9.77. The fraction of sp³-hybridized carbons (Fsp3) is 0.556. The lowest BCUT2D eigenvalue weighted by atomic mass is 10.1. The summed E-state index contributed by atoms with van der Waals surface area (Å²) >= 11 is 0. The molecule has 0 radical (unpaired) electrons. The SMILES string of the molecule is CNc1ncc(C(O)C(O)CCN=[N+]=[N-])cn1. The lowest BCUT2D eigenvalue weighted by Gasteiger charge is -2.16. The van der Waals surface area contributed by atoms with Crippen molar-refractivity contribution in [1.29, 1.82) is 0 Å². The lowest BCUT2D eigenvalue weighted by molar-refractivity contribution is 0.0146. The van der Waals surface area contributed by atoms with E-state index in [1.54, 1.807) is 7.05 Å². The second kappa shape index (κ2) is 6.64. The highest BCUT2D eigenvalue weighted by atomic mass is 16.3. The maximum atomic E-state index is 9.77. The zero-order chi connectivity index (χ0) is 12.7. The molecule has 0 spiro atoms. The van der Waals surface area contributed by atoms with Crippen molar-refractivity contribution in [2.75, 3.05) is 18.9 Å². The summed E-state index contributed by atoms with van der Waals surface area (Å²) in [6.07, 6.45) is 0.943. The third-order valence-electron chi connectivity index (χ3n) is 2.19. The van der Waals surface area contributed by atoms with Gasteiger partial charge in [0, 0.05) is 36.5 Å². The Kier molecular flexibility index (Phi) is 5.15. The molecule has 2 atom stereocenters. The van der Waals surface area contributed by atoms with Crippen LogP contribution in [-0.4, -0.2) is 39.9 Å². The van der Waals surface area contributed by atoms with Crippen LogP contribution in [0.3, 0.4) is 0 Å². The minimum absolute atomic E-state index is 0.129. The predicted octanol–water partition coefficient (Wildman–Crippen LogP) is 0.613. The van der Waals surface area contributed by atoms with E-state index in [2.05, 4.69) is 25.3 Å². The summed E-state index contributed by atoms with van der Waals surface area (Å²) in [4.78, 5) is 10.4. The Morgan fingerprint density at radius 2 is 2.12 bits per heavy atom. The third-order valence-corrected chi connectivity index (χ3v) is 2.19. The van der Waals surface area contributed by atoms with Gasteiger partial charge in [-0.3, -0.25) is 0 Å². The van der Waals surface area contributed by atoms with Gasteiger partial charge >= 0.3 is 0 Å². The second-order valence-corrected chi connectivity index (χ2v) is 3.35. The monoisotopic (exact) mass is 238 g/mol. The van der Waals surface area contributed by atoms with E-state index >= 15 is 0 Å². The van der Waals surface area contributed by atoms with Gasteiger partial charge in [0.15, 0.2) is 0 Å². The van der Waals surface area contributed by atoms with Crippen molar-refractivity contribution in [3.63, 3.8) is 0 Å². The standard InChI is InChI=1S/C9H14N6O2/c1-11-9-12-4-6(5-13-9)8(17)7(16)2-3-14-15-10/h4-5,7-8,16-17H,2-3H2,1H3,(H,11,12,13). The van der Waals surface area contributed by atoms with Gasteiger partial charge in [0.25, 0.3) is 0 Å². The Bertz CT molecular complexity index is 389. The van der Waals surface area contributed by atoms with E-state index in [-0.39, 0.29) is 13.0 Å². The molecule has 1 aromatic heterocycles. The summed E-state index contributed by atoms with van der Waals surface area (Å²) in [6, 6.07) is 0. The quantitative estimate of drug-likeness (QED) is 0.380. The molecule has 1 aromatic rings. The van der Waals surface area contributed by atoms with Crippen LogP contribution in [0.15, 0.2) is 17.5 Å². The number of nitrogens with zero attached hydrogens (tertiary/aromatic N) is 5. The van der Waals surface area contributed by atoms with Gasteiger partial charge in [0.05, 0.1) is 6.10 Å². The smallest absolute Gasteiger partial charge is 0.222 e. The number of azide groups is 1. The van der Waals surface area contributed by atoms with Crippen LogP contribution < -0.4 is 5.32 Å². The summed E-state index contributed by atoms with van der Waals surface area (Å²) in [5.41, 5.74) is 8.49. The van der Waals surface area contributed by atoms with Gasteiger partial charge in [-0.2, -0.15) is 0 Å². The van der Waals surface area contributed by atoms with Gasteiger partial charge in [-0.25, -0.2) is 9.97 Å². The Balaban J connectivity index is 2.60. The van der Waals surface area contributed by atoms with Crippen molar-refractivity contribution < 1.29 is 10.2 Å². The molecular weight excluding hydrogens is 224 g/mol. The van der Waals surface area contributed by atoms with Crippen molar-refractivity contribution in [2.24, 2.45) is 5.11 Å². The minimum Gasteiger partial charge on any atom is -0.390 e. The van der Waals surface area contributed by atoms with Crippen LogP contribution in [0.25, 0.3) is 10.4 Å². The molecule has 8 nitrogen and oxygen atoms in total. The molecule has 3 N–H and O–H groups in total. The van der Waals surface area contributed by atoms with Crippen molar-refractivity contribution >= 4 is 5.95 Å². The van der Waals surface area contributed by atoms with Crippen molar-refractivity contribution in [3.8, 4) is 0 Å². The lowest BCUT2D eigenvalue weighted by Crippen LogP contribution is -2.19. The maximum Gasteiger partial charge on any atom is 0.222 e. The molecule has 0 aliphatic heterocycles. The number of nitrogens with one attached hydrogen (secondary N) is 1. The summed E-state index contributed by atoms with van der Waals surface area (Å²) in [5, 5.41) is 25.4. The van der Waals surface area contributed by atoms with Gasteiger partial charge in [-0.05, 0) is 12.0 Å². The molecule has 0 saturated heterocycles. The Morgan fingerprint density at radius 1 is 1.47 bits per heavy atom. The fourth-order valence-corrected chi connectivity index (χ4v) is 1.23. The Morgan fingerprint density at radius 3 is 2.65 bits per heavy atom. The number of aliphatic hydroxyl groups excluding tert-OH is 2. The topological polar surface area (TPSA) is 127 Å². The molecule has 1 heterocycles. The molecule has 2 unspecified atom stereocenters. The van der Waals surface area contributed by atoms with Gasteiger partial charge < -0.3 is 15.5 Å². The molecule has 0 aliphatic rings. The molecule has 8 heteroatoms. The summed E-state index contributed by atoms with van der Waals surface area (Å²) in [5.74, 6) is 0.435. The molecule has 17 heavy (non-hydrogen) atoms. The number of rotatable bonds is 6. The molecule has 0 saturated carbocycles. The fourth-order valence-electron chi connectivity index (χ4n) is 1.23. The highest BCUT2D eigenvalue weighted by Crippen LogP contribution is 2.17. The van der Waals surface area contributed by atoms with Gasteiger partial charge in [0.2, 0.25) is 5.95 Å². The summed E-state index contributed by atoms with van der Waals surface area (Å²) in [7, 11) is 1.68. The largest absolute Gasteiger partial charge is 0.390 e. The molecule has 0 amide bonds. The van der Waals surface area contributed by atoms with E-state index in [4.69, 9.17) is 5.53 Å². The summed E-state index contributed by atoms with van der Waals surface area (Å²) < 4.78 is 0. The number of hydrogen-bond acceptors (Lipinski definition) is 6. The molecule has 0 aromatic carbocycles. The van der Waals surface area contributed by atoms with E-state index < -0.39 is 12.2 Å². The van der Waals surface area contributed by atoms with Gasteiger partial charge in [-0.15, -0.1) is 0 Å². The average molecular weight is 238 g/mol. The highest BCUT2D eigenvalue weighted by Gasteiger charge is 2.18. The number of aliphatic hydroxyl groups is 2. The molecule has 92 valence electrons. The van der Waals surface area contributed by atoms with E-state index in [1.807, 2.05) is 0 Å². The van der Waals surface area contributed by atoms with Crippen LogP contribution in [-0.2, 0) is 0 Å². The number of aromatic nitrogens is 2. The van der Waals surface area contributed by atoms with Crippen LogP contribution in [0.1, 0.15) is 18.1 Å². The second-order valence-electron chi connectivity index (χ2n) is 3.35. The normalized spacial score (nSPS) is 13.6. The first-order valence-electron chi connectivity index (χ1n) is 5.05. The van der Waals surface area contributed by atoms with Gasteiger partial charge in [-0.1, -0.05) is 5.11 Å². The average Bonchev–Trinajstić information content (AvgIpc) is 2.38. The molecule has 1 rings (SSSR count). The zero-order valence-electron chi connectivity index (χ0n) is 9.35. The van der Waals surface area contributed by atoms with Crippen molar-refractivity contribution in [3.05, 3.63) is 28.4 Å². The Labute approximate surface area is 98.0 Å². The third kappa shape index (κ3) is 3.87. The van der Waals surface area contributed by atoms with Crippen LogP contribution in [0.4, 0.5) is 5.95 Å². The molecule has 0 aliphatic carbocycles. The highest BCUT2D eigenvalue weighted by molar-refractivity contribution is 5.24. The summed E-state index contributed by atoms with van der Waals surface area (Å²) in [6.45, 7) is 0.129. The first-order valence-corrected chi connectivity index (χ1v) is 5.05. The van der Waals surface area contributed by atoms with Crippen LogP contribution in [0, 0.1) is 0 Å². The molecule has 0 bridgehead atoms. The zero-order valence-corrected chi connectivity index (χ0v) is 9.35. The predicted molar refractivity (Wildman–Crippen MR) is 61.2 cm³/mol. The minimum atomic E-state index is -1.09. The van der Waals surface area contributed by atoms with Crippen LogP contribution in [0.5, 0.6) is 0 Å². The Hall–Kier alpha value is -1.89. The van der Waals surface area contributed by atoms with E-state index in [0.717, 1.165) is 0 Å². The van der Waals surface area contributed by atoms with E-state index in [1.165, 1.54) is 12.4 Å². The number of anilines is 1. The molecule has 0 fully saturated rings.